The lowest BCUT2D eigenvalue weighted by molar-refractivity contribution is 0.392. The van der Waals surface area contributed by atoms with Gasteiger partial charge >= 0.3 is 0 Å². The first-order valence-electron chi connectivity index (χ1n) is 6.28. The third kappa shape index (κ3) is 2.76. The average molecular weight is 276 g/mol. The van der Waals surface area contributed by atoms with E-state index in [1.165, 1.54) is 0 Å². The highest BCUT2D eigenvalue weighted by atomic mass is 16.5. The number of nitrogens with zero attached hydrogens (tertiary/aromatic N) is 2. The maximum Gasteiger partial charge on any atom is 0.122 e. The molecule has 0 saturated carbocycles. The minimum atomic E-state index is -0.173. The molecule has 1 atom stereocenters. The van der Waals surface area contributed by atoms with E-state index >= 15 is 0 Å². The molecule has 0 bridgehead atoms. The van der Waals surface area contributed by atoms with Crippen LogP contribution in [-0.2, 0) is 7.05 Å². The van der Waals surface area contributed by atoms with Crippen molar-refractivity contribution in [3.8, 4) is 11.5 Å². The SMILES string of the molecule is COc1cc(OC)cc(C(NN)c2cn(C)nc2C)c1. The lowest BCUT2D eigenvalue weighted by atomic mass is 9.99. The molecule has 2 aromatic rings. The number of nitrogens with two attached hydrogens (primary N) is 1. The van der Waals surface area contributed by atoms with Crippen molar-refractivity contribution >= 4 is 0 Å². The Bertz CT molecular complexity index is 573. The Morgan fingerprint density at radius 2 is 1.80 bits per heavy atom. The first kappa shape index (κ1) is 14.4. The number of methoxy groups -OCH3 is 2. The van der Waals surface area contributed by atoms with E-state index in [1.807, 2.05) is 38.4 Å². The lowest BCUT2D eigenvalue weighted by Gasteiger charge is -2.17. The van der Waals surface area contributed by atoms with Crippen molar-refractivity contribution in [1.29, 1.82) is 0 Å². The molecular formula is C14H20N4O2. The number of hydrazine groups is 1. The number of ether oxygens (including phenoxy) is 2. The van der Waals surface area contributed by atoms with Crippen molar-refractivity contribution in [2.24, 2.45) is 12.9 Å². The van der Waals surface area contributed by atoms with Crippen LogP contribution >= 0.6 is 0 Å². The van der Waals surface area contributed by atoms with Crippen LogP contribution in [0.3, 0.4) is 0 Å². The number of nitrogens with one attached hydrogen (secondary N) is 1. The van der Waals surface area contributed by atoms with E-state index in [0.717, 1.165) is 28.3 Å². The van der Waals surface area contributed by atoms with Crippen molar-refractivity contribution in [3.05, 3.63) is 41.2 Å². The van der Waals surface area contributed by atoms with Crippen LogP contribution in [0.2, 0.25) is 0 Å². The van der Waals surface area contributed by atoms with Crippen molar-refractivity contribution < 1.29 is 9.47 Å². The van der Waals surface area contributed by atoms with Gasteiger partial charge in [-0.15, -0.1) is 0 Å². The fraction of sp³-hybridized carbons (Fsp3) is 0.357. The topological polar surface area (TPSA) is 74.3 Å². The fourth-order valence-corrected chi connectivity index (χ4v) is 2.26. The summed E-state index contributed by atoms with van der Waals surface area (Å²) in [6, 6.07) is 5.51. The van der Waals surface area contributed by atoms with Crippen LogP contribution < -0.4 is 20.7 Å². The maximum atomic E-state index is 5.73. The summed E-state index contributed by atoms with van der Waals surface area (Å²) in [5, 5.41) is 4.35. The largest absolute Gasteiger partial charge is 0.497 e. The van der Waals surface area contributed by atoms with Crippen molar-refractivity contribution in [3.63, 3.8) is 0 Å². The Hall–Kier alpha value is -2.05. The summed E-state index contributed by atoms with van der Waals surface area (Å²) < 4.78 is 12.4. The molecule has 1 unspecified atom stereocenters. The molecule has 0 saturated heterocycles. The van der Waals surface area contributed by atoms with E-state index in [0.29, 0.717) is 0 Å². The summed E-state index contributed by atoms with van der Waals surface area (Å²) >= 11 is 0. The van der Waals surface area contributed by atoms with E-state index in [2.05, 4.69) is 10.5 Å². The highest BCUT2D eigenvalue weighted by molar-refractivity contribution is 5.43. The lowest BCUT2D eigenvalue weighted by Crippen LogP contribution is -2.29. The molecule has 0 aliphatic heterocycles. The molecule has 0 aliphatic carbocycles. The molecule has 0 aliphatic rings. The predicted molar refractivity (Wildman–Crippen MR) is 76.7 cm³/mol. The molecule has 2 rings (SSSR count). The van der Waals surface area contributed by atoms with Crippen LogP contribution in [0, 0.1) is 6.92 Å². The molecule has 1 aromatic carbocycles. The van der Waals surface area contributed by atoms with E-state index in [9.17, 15) is 0 Å². The second-order valence-electron chi connectivity index (χ2n) is 4.59. The summed E-state index contributed by atoms with van der Waals surface area (Å²) in [6.45, 7) is 1.96. The quantitative estimate of drug-likeness (QED) is 0.636. The van der Waals surface area contributed by atoms with Crippen molar-refractivity contribution in [1.82, 2.24) is 15.2 Å². The number of hydrogen-bond donors (Lipinski definition) is 2. The highest BCUT2D eigenvalue weighted by Gasteiger charge is 2.19. The molecular weight excluding hydrogens is 256 g/mol. The van der Waals surface area contributed by atoms with Crippen LogP contribution in [0.5, 0.6) is 11.5 Å². The zero-order chi connectivity index (χ0) is 14.7. The van der Waals surface area contributed by atoms with Crippen molar-refractivity contribution in [2.45, 2.75) is 13.0 Å². The number of benzene rings is 1. The molecule has 20 heavy (non-hydrogen) atoms. The Morgan fingerprint density at radius 3 is 2.20 bits per heavy atom. The Labute approximate surface area is 118 Å². The zero-order valence-electron chi connectivity index (χ0n) is 12.2. The van der Waals surface area contributed by atoms with Crippen LogP contribution in [0.1, 0.15) is 22.9 Å². The highest BCUT2D eigenvalue weighted by Crippen LogP contribution is 2.30. The van der Waals surface area contributed by atoms with Gasteiger partial charge in [0.15, 0.2) is 0 Å². The summed E-state index contributed by atoms with van der Waals surface area (Å²) in [4.78, 5) is 0. The average Bonchev–Trinajstić information content (AvgIpc) is 2.78. The molecule has 0 spiro atoms. The molecule has 6 nitrogen and oxygen atoms in total. The Balaban J connectivity index is 2.48. The molecule has 1 aromatic heterocycles. The van der Waals surface area contributed by atoms with Crippen LogP contribution in [0.15, 0.2) is 24.4 Å². The monoisotopic (exact) mass is 276 g/mol. The second-order valence-corrected chi connectivity index (χ2v) is 4.59. The van der Waals surface area contributed by atoms with Gasteiger partial charge in [0.05, 0.1) is 26.0 Å². The number of aryl methyl sites for hydroxylation is 2. The van der Waals surface area contributed by atoms with E-state index in [1.54, 1.807) is 18.9 Å². The zero-order valence-corrected chi connectivity index (χ0v) is 12.2. The number of aromatic nitrogens is 2. The summed E-state index contributed by atoms with van der Waals surface area (Å²) in [5.41, 5.74) is 5.73. The van der Waals surface area contributed by atoms with Gasteiger partial charge < -0.3 is 9.47 Å². The van der Waals surface area contributed by atoms with E-state index in [4.69, 9.17) is 15.3 Å². The van der Waals surface area contributed by atoms with Gasteiger partial charge in [-0.3, -0.25) is 10.5 Å². The fourth-order valence-electron chi connectivity index (χ4n) is 2.26. The van der Waals surface area contributed by atoms with Gasteiger partial charge in [0.25, 0.3) is 0 Å². The van der Waals surface area contributed by atoms with Gasteiger partial charge in [-0.1, -0.05) is 0 Å². The minimum absolute atomic E-state index is 0.173. The Kier molecular flexibility index (Phi) is 4.26. The number of rotatable bonds is 5. The summed E-state index contributed by atoms with van der Waals surface area (Å²) in [6.07, 6.45) is 1.95. The predicted octanol–water partition coefficient (Wildman–Crippen LogP) is 1.30. The normalized spacial score (nSPS) is 12.2. The minimum Gasteiger partial charge on any atom is -0.497 e. The van der Waals surface area contributed by atoms with Gasteiger partial charge in [0.2, 0.25) is 0 Å². The standard InChI is InChI=1S/C14H20N4O2/c1-9-13(8-18(2)17-9)14(16-15)10-5-11(19-3)7-12(6-10)20-4/h5-8,14,16H,15H2,1-4H3. The molecule has 1 heterocycles. The Morgan fingerprint density at radius 1 is 1.20 bits per heavy atom. The molecule has 6 heteroatoms. The molecule has 0 fully saturated rings. The molecule has 3 N–H and O–H groups in total. The second kappa shape index (κ2) is 5.94. The first-order valence-corrected chi connectivity index (χ1v) is 6.28. The van der Waals surface area contributed by atoms with Gasteiger partial charge in [-0.05, 0) is 24.6 Å². The summed E-state index contributed by atoms with van der Waals surface area (Å²) in [5.74, 6) is 7.18. The van der Waals surface area contributed by atoms with E-state index in [-0.39, 0.29) is 6.04 Å². The van der Waals surface area contributed by atoms with E-state index < -0.39 is 0 Å². The molecule has 108 valence electrons. The maximum absolute atomic E-state index is 5.73. The van der Waals surface area contributed by atoms with Gasteiger partial charge in [0.1, 0.15) is 11.5 Å². The smallest absolute Gasteiger partial charge is 0.122 e. The number of hydrogen-bond acceptors (Lipinski definition) is 5. The van der Waals surface area contributed by atoms with Gasteiger partial charge in [0, 0.05) is 24.9 Å². The van der Waals surface area contributed by atoms with Gasteiger partial charge in [-0.2, -0.15) is 5.10 Å². The van der Waals surface area contributed by atoms with Crippen LogP contribution in [0.25, 0.3) is 0 Å². The van der Waals surface area contributed by atoms with Gasteiger partial charge in [-0.25, -0.2) is 5.43 Å². The molecule has 0 radical (unpaired) electrons. The first-order chi connectivity index (χ1) is 9.58. The molecule has 0 amide bonds. The van der Waals surface area contributed by atoms with Crippen LogP contribution in [0.4, 0.5) is 0 Å². The third-order valence-corrected chi connectivity index (χ3v) is 3.24. The summed E-state index contributed by atoms with van der Waals surface area (Å²) in [7, 11) is 5.13. The third-order valence-electron chi connectivity index (χ3n) is 3.24. The van der Waals surface area contributed by atoms with Crippen molar-refractivity contribution in [2.75, 3.05) is 14.2 Å². The van der Waals surface area contributed by atoms with Crippen LogP contribution in [-0.4, -0.2) is 24.0 Å².